The van der Waals surface area contributed by atoms with E-state index < -0.39 is 40.7 Å². The van der Waals surface area contributed by atoms with Gasteiger partial charge in [-0.15, -0.1) is 0 Å². The van der Waals surface area contributed by atoms with E-state index in [1.54, 1.807) is 0 Å². The van der Waals surface area contributed by atoms with Crippen molar-refractivity contribution in [3.63, 3.8) is 0 Å². The Balaban J connectivity index is 1.89. The maximum Gasteiger partial charge on any atom is 0.280 e. The SMILES string of the molecule is CCn1c(C)c(/C=C2/C(=O)N(c3c(F)c(F)c(F)c(F)c3F)N=C2C)c2cc(C)ccc21. The van der Waals surface area contributed by atoms with Gasteiger partial charge in [-0.1, -0.05) is 11.6 Å². The number of aromatic nitrogens is 1. The summed E-state index contributed by atoms with van der Waals surface area (Å²) in [6.07, 6.45) is 1.54. The minimum Gasteiger partial charge on any atom is -0.345 e. The van der Waals surface area contributed by atoms with Gasteiger partial charge in [-0.25, -0.2) is 22.0 Å². The second-order valence-corrected chi connectivity index (χ2v) is 7.54. The number of benzene rings is 2. The fraction of sp³-hybridized carbons (Fsp3) is 0.217. The first kappa shape index (κ1) is 21.7. The Bertz CT molecular complexity index is 1340. The zero-order chi connectivity index (χ0) is 23.5. The Hall–Kier alpha value is -3.49. The van der Waals surface area contributed by atoms with Crippen molar-refractivity contribution < 1.29 is 26.7 Å². The number of carbonyl (C=O) groups excluding carboxylic acids is 1. The van der Waals surface area contributed by atoms with E-state index in [0.717, 1.165) is 22.2 Å². The summed E-state index contributed by atoms with van der Waals surface area (Å²) >= 11 is 0. The fourth-order valence-corrected chi connectivity index (χ4v) is 3.97. The largest absolute Gasteiger partial charge is 0.345 e. The molecule has 2 heterocycles. The maximum atomic E-state index is 14.3. The molecule has 3 aromatic rings. The van der Waals surface area contributed by atoms with Crippen LogP contribution in [0.3, 0.4) is 0 Å². The number of halogens is 5. The molecule has 4 nitrogen and oxygen atoms in total. The Morgan fingerprint density at radius 3 is 2.12 bits per heavy atom. The Labute approximate surface area is 180 Å². The van der Waals surface area contributed by atoms with Crippen LogP contribution in [0.15, 0.2) is 28.9 Å². The molecule has 4 rings (SSSR count). The lowest BCUT2D eigenvalue weighted by Crippen LogP contribution is -2.25. The molecule has 166 valence electrons. The summed E-state index contributed by atoms with van der Waals surface area (Å²) in [5, 5.41) is 4.88. The molecule has 0 unspecified atom stereocenters. The molecular weight excluding hydrogens is 429 g/mol. The van der Waals surface area contributed by atoms with Crippen molar-refractivity contribution in [3.8, 4) is 0 Å². The monoisotopic (exact) mass is 447 g/mol. The molecule has 1 aliphatic rings. The molecule has 0 aliphatic carbocycles. The lowest BCUT2D eigenvalue weighted by atomic mass is 10.0. The first-order chi connectivity index (χ1) is 15.1. The molecule has 0 N–H and O–H groups in total. The van der Waals surface area contributed by atoms with Gasteiger partial charge in [-0.3, -0.25) is 4.79 Å². The van der Waals surface area contributed by atoms with Crippen molar-refractivity contribution in [2.75, 3.05) is 5.01 Å². The van der Waals surface area contributed by atoms with Crippen molar-refractivity contribution in [1.29, 1.82) is 0 Å². The van der Waals surface area contributed by atoms with E-state index in [9.17, 15) is 26.7 Å². The van der Waals surface area contributed by atoms with E-state index in [2.05, 4.69) is 9.67 Å². The van der Waals surface area contributed by atoms with Gasteiger partial charge in [0.25, 0.3) is 5.91 Å². The first-order valence-electron chi connectivity index (χ1n) is 9.81. The van der Waals surface area contributed by atoms with Crippen LogP contribution in [0.4, 0.5) is 27.6 Å². The van der Waals surface area contributed by atoms with E-state index in [0.29, 0.717) is 12.1 Å². The predicted octanol–water partition coefficient (Wildman–Crippen LogP) is 5.78. The lowest BCUT2D eigenvalue weighted by molar-refractivity contribution is -0.114. The van der Waals surface area contributed by atoms with Crippen LogP contribution in [-0.2, 0) is 11.3 Å². The van der Waals surface area contributed by atoms with Gasteiger partial charge >= 0.3 is 0 Å². The molecule has 1 aliphatic heterocycles. The molecule has 2 aromatic carbocycles. The quantitative estimate of drug-likeness (QED) is 0.217. The summed E-state index contributed by atoms with van der Waals surface area (Å²) in [7, 11) is 0. The van der Waals surface area contributed by atoms with Crippen molar-refractivity contribution in [3.05, 3.63) is 69.7 Å². The third-order valence-corrected chi connectivity index (χ3v) is 5.59. The van der Waals surface area contributed by atoms with E-state index >= 15 is 0 Å². The number of aryl methyl sites for hydroxylation is 2. The van der Waals surface area contributed by atoms with E-state index in [1.807, 2.05) is 39.0 Å². The normalized spacial score (nSPS) is 15.4. The van der Waals surface area contributed by atoms with E-state index in [4.69, 9.17) is 0 Å². The zero-order valence-electron chi connectivity index (χ0n) is 17.7. The molecule has 0 saturated heterocycles. The standard InChI is InChI=1S/C23H18F5N3O/c1-5-30-12(4)14(15-8-10(2)6-7-16(15)30)9-13-11(3)29-31(23(13)32)22-20(27)18(25)17(24)19(26)21(22)28/h6-9H,5H2,1-4H3/b13-9+. The van der Waals surface area contributed by atoms with Crippen LogP contribution in [0, 0.1) is 42.9 Å². The van der Waals surface area contributed by atoms with Gasteiger partial charge in [0, 0.05) is 28.7 Å². The lowest BCUT2D eigenvalue weighted by Gasteiger charge is -2.15. The highest BCUT2D eigenvalue weighted by molar-refractivity contribution is 6.32. The Morgan fingerprint density at radius 1 is 0.938 bits per heavy atom. The number of nitrogens with zero attached hydrogens (tertiary/aromatic N) is 3. The van der Waals surface area contributed by atoms with Gasteiger partial charge in [0.15, 0.2) is 23.3 Å². The van der Waals surface area contributed by atoms with Crippen molar-refractivity contribution >= 4 is 34.3 Å². The van der Waals surface area contributed by atoms with E-state index in [1.165, 1.54) is 13.0 Å². The number of hydrazone groups is 1. The molecule has 0 radical (unpaired) electrons. The molecular formula is C23H18F5N3O. The summed E-state index contributed by atoms with van der Waals surface area (Å²) in [6, 6.07) is 5.87. The van der Waals surface area contributed by atoms with Crippen LogP contribution in [0.5, 0.6) is 0 Å². The summed E-state index contributed by atoms with van der Waals surface area (Å²) < 4.78 is 71.3. The molecule has 1 amide bonds. The maximum absolute atomic E-state index is 14.3. The number of hydrogen-bond acceptors (Lipinski definition) is 2. The van der Waals surface area contributed by atoms with Crippen LogP contribution in [0.25, 0.3) is 17.0 Å². The number of rotatable bonds is 3. The first-order valence-corrected chi connectivity index (χ1v) is 9.81. The second kappa shape index (κ2) is 7.58. The van der Waals surface area contributed by atoms with Crippen LogP contribution < -0.4 is 5.01 Å². The van der Waals surface area contributed by atoms with Gasteiger partial charge in [-0.2, -0.15) is 10.1 Å². The molecule has 0 atom stereocenters. The highest BCUT2D eigenvalue weighted by atomic mass is 19.2. The Morgan fingerprint density at radius 2 is 1.53 bits per heavy atom. The summed E-state index contributed by atoms with van der Waals surface area (Å²) in [5.41, 5.74) is 2.18. The van der Waals surface area contributed by atoms with Crippen molar-refractivity contribution in [2.24, 2.45) is 5.10 Å². The fourth-order valence-electron chi connectivity index (χ4n) is 3.97. The minimum atomic E-state index is -2.30. The third kappa shape index (κ3) is 3.03. The predicted molar refractivity (Wildman–Crippen MR) is 112 cm³/mol. The van der Waals surface area contributed by atoms with Crippen LogP contribution in [0.1, 0.15) is 30.7 Å². The zero-order valence-corrected chi connectivity index (χ0v) is 17.7. The van der Waals surface area contributed by atoms with Crippen LogP contribution in [-0.4, -0.2) is 16.2 Å². The molecule has 0 fully saturated rings. The van der Waals surface area contributed by atoms with Gasteiger partial charge in [-0.05, 0) is 45.9 Å². The summed E-state index contributed by atoms with van der Waals surface area (Å²) in [5.74, 6) is -11.8. The number of hydrogen-bond donors (Lipinski definition) is 0. The Kier molecular flexibility index (Phi) is 5.15. The third-order valence-electron chi connectivity index (χ3n) is 5.59. The topological polar surface area (TPSA) is 37.6 Å². The highest BCUT2D eigenvalue weighted by Gasteiger charge is 2.37. The van der Waals surface area contributed by atoms with E-state index in [-0.39, 0.29) is 16.3 Å². The van der Waals surface area contributed by atoms with Crippen molar-refractivity contribution in [1.82, 2.24) is 4.57 Å². The summed E-state index contributed by atoms with van der Waals surface area (Å²) in [4.78, 5) is 13.0. The van der Waals surface area contributed by atoms with Gasteiger partial charge in [0.2, 0.25) is 5.82 Å². The number of anilines is 1. The van der Waals surface area contributed by atoms with Crippen LogP contribution in [0.2, 0.25) is 0 Å². The average molecular weight is 447 g/mol. The smallest absolute Gasteiger partial charge is 0.280 e. The minimum absolute atomic E-state index is 0.00583. The molecule has 1 aromatic heterocycles. The van der Waals surface area contributed by atoms with Gasteiger partial charge < -0.3 is 4.57 Å². The molecule has 0 bridgehead atoms. The van der Waals surface area contributed by atoms with Gasteiger partial charge in [0.1, 0.15) is 5.69 Å². The number of carbonyl (C=O) groups is 1. The molecule has 32 heavy (non-hydrogen) atoms. The molecule has 9 heteroatoms. The summed E-state index contributed by atoms with van der Waals surface area (Å²) in [6.45, 7) is 7.87. The highest BCUT2D eigenvalue weighted by Crippen LogP contribution is 2.35. The number of fused-ring (bicyclic) bond motifs is 1. The molecule has 0 saturated carbocycles. The second-order valence-electron chi connectivity index (χ2n) is 7.54. The molecule has 0 spiro atoms. The number of amides is 1. The average Bonchev–Trinajstić information content (AvgIpc) is 3.18. The van der Waals surface area contributed by atoms with Crippen LogP contribution >= 0.6 is 0 Å². The van der Waals surface area contributed by atoms with Crippen molar-refractivity contribution in [2.45, 2.75) is 34.2 Å². The van der Waals surface area contributed by atoms with Gasteiger partial charge in [0.05, 0.1) is 11.3 Å².